The van der Waals surface area contributed by atoms with Crippen LogP contribution in [0.5, 0.6) is 0 Å². The van der Waals surface area contributed by atoms with Crippen molar-refractivity contribution in [2.24, 2.45) is 5.73 Å². The molecule has 0 saturated heterocycles. The first kappa shape index (κ1) is 11.9. The fraction of sp³-hybridized carbons (Fsp3) is 0.462. The highest BCUT2D eigenvalue weighted by atomic mass is 16.1. The number of benzene rings is 1. The Labute approximate surface area is 91.5 Å². The highest BCUT2D eigenvalue weighted by molar-refractivity contribution is 5.96. The number of nitrogens with two attached hydrogens (primary N) is 1. The Hall–Kier alpha value is -1.15. The number of carbonyl (C=O) groups is 1. The molecule has 2 nitrogen and oxygen atoms in total. The van der Waals surface area contributed by atoms with E-state index < -0.39 is 0 Å². The Kier molecular flexibility index (Phi) is 4.50. The molecule has 0 aliphatic carbocycles. The van der Waals surface area contributed by atoms with Crippen molar-refractivity contribution < 1.29 is 4.79 Å². The summed E-state index contributed by atoms with van der Waals surface area (Å²) in [5.74, 6) is 0.703. The SMILES string of the molecule is CC(C)c1ccc(C(=O)CCCN)cc1. The smallest absolute Gasteiger partial charge is 0.162 e. The van der Waals surface area contributed by atoms with Gasteiger partial charge in [-0.15, -0.1) is 0 Å². The molecule has 0 bridgehead atoms. The lowest BCUT2D eigenvalue weighted by Crippen LogP contribution is -2.05. The van der Waals surface area contributed by atoms with E-state index in [0.29, 0.717) is 18.9 Å². The minimum Gasteiger partial charge on any atom is -0.330 e. The second-order valence-electron chi connectivity index (χ2n) is 4.09. The number of rotatable bonds is 5. The second kappa shape index (κ2) is 5.66. The molecule has 2 N–H and O–H groups in total. The van der Waals surface area contributed by atoms with Gasteiger partial charge < -0.3 is 5.73 Å². The average molecular weight is 205 g/mol. The zero-order valence-electron chi connectivity index (χ0n) is 9.49. The molecule has 0 unspecified atom stereocenters. The van der Waals surface area contributed by atoms with Crippen LogP contribution in [0.2, 0.25) is 0 Å². The lowest BCUT2D eigenvalue weighted by molar-refractivity contribution is 0.0981. The van der Waals surface area contributed by atoms with Crippen LogP contribution in [-0.4, -0.2) is 12.3 Å². The summed E-state index contributed by atoms with van der Waals surface area (Å²) in [6.07, 6.45) is 1.32. The van der Waals surface area contributed by atoms with E-state index in [1.54, 1.807) is 0 Å². The first-order valence-electron chi connectivity index (χ1n) is 5.48. The Morgan fingerprint density at radius 3 is 2.33 bits per heavy atom. The van der Waals surface area contributed by atoms with Crippen LogP contribution in [0.3, 0.4) is 0 Å². The Morgan fingerprint density at radius 2 is 1.87 bits per heavy atom. The van der Waals surface area contributed by atoms with E-state index in [9.17, 15) is 4.79 Å². The van der Waals surface area contributed by atoms with Gasteiger partial charge in [0.05, 0.1) is 0 Å². The molecule has 1 aromatic carbocycles. The van der Waals surface area contributed by atoms with Gasteiger partial charge in [0.1, 0.15) is 0 Å². The van der Waals surface area contributed by atoms with Crippen LogP contribution in [0.1, 0.15) is 48.5 Å². The van der Waals surface area contributed by atoms with Crippen molar-refractivity contribution in [2.45, 2.75) is 32.6 Å². The first-order valence-corrected chi connectivity index (χ1v) is 5.48. The Bertz CT molecular complexity index is 314. The summed E-state index contributed by atoms with van der Waals surface area (Å²) in [4.78, 5) is 11.6. The van der Waals surface area contributed by atoms with Gasteiger partial charge in [0, 0.05) is 12.0 Å². The fourth-order valence-corrected chi connectivity index (χ4v) is 1.46. The third-order valence-electron chi connectivity index (χ3n) is 2.51. The minimum absolute atomic E-state index is 0.191. The van der Waals surface area contributed by atoms with Crippen LogP contribution in [-0.2, 0) is 0 Å². The summed E-state index contributed by atoms with van der Waals surface area (Å²) in [5.41, 5.74) is 7.43. The maximum atomic E-state index is 11.6. The van der Waals surface area contributed by atoms with Crippen LogP contribution < -0.4 is 5.73 Å². The quantitative estimate of drug-likeness (QED) is 0.751. The molecule has 1 aromatic rings. The van der Waals surface area contributed by atoms with Crippen molar-refractivity contribution in [3.05, 3.63) is 35.4 Å². The molecule has 0 fully saturated rings. The van der Waals surface area contributed by atoms with Gasteiger partial charge >= 0.3 is 0 Å². The van der Waals surface area contributed by atoms with Gasteiger partial charge in [-0.1, -0.05) is 38.1 Å². The monoisotopic (exact) mass is 205 g/mol. The van der Waals surface area contributed by atoms with Gasteiger partial charge in [0.15, 0.2) is 5.78 Å². The van der Waals surface area contributed by atoms with Crippen LogP contribution in [0.25, 0.3) is 0 Å². The molecule has 0 heterocycles. The fourth-order valence-electron chi connectivity index (χ4n) is 1.46. The molecule has 0 aliphatic heterocycles. The van der Waals surface area contributed by atoms with Crippen LogP contribution in [0, 0.1) is 0 Å². The van der Waals surface area contributed by atoms with Gasteiger partial charge in [-0.25, -0.2) is 0 Å². The molecular formula is C13H19NO. The average Bonchev–Trinajstić information content (AvgIpc) is 2.26. The summed E-state index contributed by atoms with van der Waals surface area (Å²) in [6.45, 7) is 4.87. The van der Waals surface area contributed by atoms with Crippen molar-refractivity contribution in [2.75, 3.05) is 6.54 Å². The summed E-state index contributed by atoms with van der Waals surface area (Å²) >= 11 is 0. The zero-order chi connectivity index (χ0) is 11.3. The molecule has 0 radical (unpaired) electrons. The Morgan fingerprint density at radius 1 is 1.27 bits per heavy atom. The standard InChI is InChI=1S/C13H19NO/c1-10(2)11-5-7-12(8-6-11)13(15)4-3-9-14/h5-8,10H,3-4,9,14H2,1-2H3. The van der Waals surface area contributed by atoms with Crippen LogP contribution in [0.4, 0.5) is 0 Å². The van der Waals surface area contributed by atoms with E-state index in [1.807, 2.05) is 24.3 Å². The number of hydrogen-bond donors (Lipinski definition) is 1. The van der Waals surface area contributed by atoms with Crippen LogP contribution >= 0.6 is 0 Å². The van der Waals surface area contributed by atoms with E-state index in [4.69, 9.17) is 5.73 Å². The third kappa shape index (κ3) is 3.48. The molecule has 1 rings (SSSR count). The van der Waals surface area contributed by atoms with E-state index >= 15 is 0 Å². The molecule has 0 atom stereocenters. The van der Waals surface area contributed by atoms with Gasteiger partial charge in [0.2, 0.25) is 0 Å². The molecule has 15 heavy (non-hydrogen) atoms. The van der Waals surface area contributed by atoms with Gasteiger partial charge in [-0.05, 0) is 24.4 Å². The number of carbonyl (C=O) groups excluding carboxylic acids is 1. The van der Waals surface area contributed by atoms with Crippen molar-refractivity contribution in [1.82, 2.24) is 0 Å². The molecule has 0 amide bonds. The lowest BCUT2D eigenvalue weighted by Gasteiger charge is -2.06. The number of Topliss-reactive ketones (excluding diaryl/α,β-unsaturated/α-hetero) is 1. The van der Waals surface area contributed by atoms with E-state index in [0.717, 1.165) is 12.0 Å². The second-order valence-corrected chi connectivity index (χ2v) is 4.09. The topological polar surface area (TPSA) is 43.1 Å². The number of hydrogen-bond acceptors (Lipinski definition) is 2. The van der Waals surface area contributed by atoms with Crippen molar-refractivity contribution >= 4 is 5.78 Å². The van der Waals surface area contributed by atoms with E-state index in [2.05, 4.69) is 13.8 Å². The van der Waals surface area contributed by atoms with E-state index in [1.165, 1.54) is 5.56 Å². The molecule has 0 aliphatic rings. The van der Waals surface area contributed by atoms with E-state index in [-0.39, 0.29) is 5.78 Å². The van der Waals surface area contributed by atoms with Crippen molar-refractivity contribution in [1.29, 1.82) is 0 Å². The highest BCUT2D eigenvalue weighted by Crippen LogP contribution is 2.15. The lowest BCUT2D eigenvalue weighted by atomic mass is 9.99. The largest absolute Gasteiger partial charge is 0.330 e. The third-order valence-corrected chi connectivity index (χ3v) is 2.51. The predicted octanol–water partition coefficient (Wildman–Crippen LogP) is 2.73. The summed E-state index contributed by atoms with van der Waals surface area (Å²) in [6, 6.07) is 7.88. The van der Waals surface area contributed by atoms with Crippen molar-refractivity contribution in [3.8, 4) is 0 Å². The predicted molar refractivity (Wildman–Crippen MR) is 63.1 cm³/mol. The highest BCUT2D eigenvalue weighted by Gasteiger charge is 2.05. The van der Waals surface area contributed by atoms with Gasteiger partial charge in [0.25, 0.3) is 0 Å². The minimum atomic E-state index is 0.191. The first-order chi connectivity index (χ1) is 7.15. The zero-order valence-corrected chi connectivity index (χ0v) is 9.49. The normalized spacial score (nSPS) is 10.7. The molecule has 2 heteroatoms. The Balaban J connectivity index is 2.67. The van der Waals surface area contributed by atoms with Crippen molar-refractivity contribution in [3.63, 3.8) is 0 Å². The maximum absolute atomic E-state index is 11.6. The maximum Gasteiger partial charge on any atom is 0.162 e. The molecule has 0 aromatic heterocycles. The van der Waals surface area contributed by atoms with Crippen LogP contribution in [0.15, 0.2) is 24.3 Å². The van der Waals surface area contributed by atoms with Gasteiger partial charge in [-0.3, -0.25) is 4.79 Å². The molecule has 82 valence electrons. The summed E-state index contributed by atoms with van der Waals surface area (Å²) in [5, 5.41) is 0. The molecule has 0 saturated carbocycles. The molecule has 0 spiro atoms. The summed E-state index contributed by atoms with van der Waals surface area (Å²) < 4.78 is 0. The summed E-state index contributed by atoms with van der Waals surface area (Å²) in [7, 11) is 0. The molecular weight excluding hydrogens is 186 g/mol. The van der Waals surface area contributed by atoms with Gasteiger partial charge in [-0.2, -0.15) is 0 Å². The number of ketones is 1.